The van der Waals surface area contributed by atoms with Crippen LogP contribution in [0.4, 0.5) is 5.69 Å². The van der Waals surface area contributed by atoms with Crippen molar-refractivity contribution in [2.24, 2.45) is 0 Å². The predicted octanol–water partition coefficient (Wildman–Crippen LogP) is 4.13. The number of aryl methyl sites for hydroxylation is 1. The van der Waals surface area contributed by atoms with Gasteiger partial charge in [0, 0.05) is 0 Å². The van der Waals surface area contributed by atoms with E-state index in [0.29, 0.717) is 0 Å². The minimum absolute atomic E-state index is 0.114. The number of furan rings is 1. The summed E-state index contributed by atoms with van der Waals surface area (Å²) in [5.41, 5.74) is 2.58. The predicted molar refractivity (Wildman–Crippen MR) is 116 cm³/mol. The summed E-state index contributed by atoms with van der Waals surface area (Å²) in [6.07, 6.45) is 2.33. The van der Waals surface area contributed by atoms with E-state index in [2.05, 4.69) is 17.6 Å². The molecule has 7 nitrogen and oxygen atoms in total. The van der Waals surface area contributed by atoms with Gasteiger partial charge in [-0.25, -0.2) is 4.79 Å². The Hall–Kier alpha value is -3.87. The van der Waals surface area contributed by atoms with Gasteiger partial charge in [0.2, 0.25) is 0 Å². The third kappa shape index (κ3) is 5.82. The second-order valence-electron chi connectivity index (χ2n) is 6.94. The highest BCUT2D eigenvalue weighted by molar-refractivity contribution is 6.06. The Morgan fingerprint density at radius 2 is 1.74 bits per heavy atom. The molecular weight excluding hydrogens is 396 g/mol. The zero-order chi connectivity index (χ0) is 22.2. The van der Waals surface area contributed by atoms with Gasteiger partial charge in [-0.2, -0.15) is 0 Å². The molecule has 0 spiro atoms. The minimum atomic E-state index is -0.717. The molecule has 0 saturated heterocycles. The summed E-state index contributed by atoms with van der Waals surface area (Å²) in [6, 6.07) is 17.2. The molecule has 3 aromatic rings. The first-order valence-electron chi connectivity index (χ1n) is 9.97. The van der Waals surface area contributed by atoms with Crippen molar-refractivity contribution < 1.29 is 23.5 Å². The van der Waals surface area contributed by atoms with Crippen molar-refractivity contribution in [3.8, 4) is 0 Å². The van der Waals surface area contributed by atoms with E-state index in [1.165, 1.54) is 24.0 Å². The van der Waals surface area contributed by atoms with Crippen molar-refractivity contribution in [1.82, 2.24) is 5.32 Å². The van der Waals surface area contributed by atoms with Crippen molar-refractivity contribution in [2.75, 3.05) is 11.9 Å². The Kier molecular flexibility index (Phi) is 7.22. The summed E-state index contributed by atoms with van der Waals surface area (Å²) in [4.78, 5) is 36.9. The molecule has 0 aliphatic rings. The van der Waals surface area contributed by atoms with Crippen LogP contribution >= 0.6 is 0 Å². The molecule has 0 fully saturated rings. The van der Waals surface area contributed by atoms with Gasteiger partial charge >= 0.3 is 5.97 Å². The van der Waals surface area contributed by atoms with E-state index in [-0.39, 0.29) is 23.1 Å². The third-order valence-electron chi connectivity index (χ3n) is 4.74. The maximum absolute atomic E-state index is 12.5. The second-order valence-corrected chi connectivity index (χ2v) is 6.94. The van der Waals surface area contributed by atoms with Crippen LogP contribution in [0.2, 0.25) is 0 Å². The molecule has 0 bridgehead atoms. The number of anilines is 1. The lowest BCUT2D eigenvalue weighted by molar-refractivity contribution is -0.124. The van der Waals surface area contributed by atoms with Crippen LogP contribution in [0.3, 0.4) is 0 Å². The van der Waals surface area contributed by atoms with Gasteiger partial charge in [-0.05, 0) is 48.7 Å². The monoisotopic (exact) mass is 420 g/mol. The van der Waals surface area contributed by atoms with E-state index in [0.717, 1.165) is 12.0 Å². The molecule has 2 N–H and O–H groups in total. The lowest BCUT2D eigenvalue weighted by Crippen LogP contribution is -2.31. The van der Waals surface area contributed by atoms with E-state index in [1.54, 1.807) is 24.3 Å². The van der Waals surface area contributed by atoms with Gasteiger partial charge in [-0.3, -0.25) is 9.59 Å². The molecule has 0 saturated carbocycles. The van der Waals surface area contributed by atoms with Gasteiger partial charge < -0.3 is 19.8 Å². The Morgan fingerprint density at radius 3 is 2.42 bits per heavy atom. The number of amides is 2. The fraction of sp³-hybridized carbons (Fsp3) is 0.208. The number of nitrogens with one attached hydrogen (secondary N) is 2. The highest BCUT2D eigenvalue weighted by Crippen LogP contribution is 2.18. The third-order valence-corrected chi connectivity index (χ3v) is 4.74. The van der Waals surface area contributed by atoms with E-state index in [4.69, 9.17) is 9.15 Å². The molecule has 3 rings (SSSR count). The number of para-hydroxylation sites is 1. The van der Waals surface area contributed by atoms with Crippen LogP contribution in [0.5, 0.6) is 0 Å². The Labute approximate surface area is 180 Å². The molecular formula is C24H24N2O5. The zero-order valence-electron chi connectivity index (χ0n) is 17.4. The summed E-state index contributed by atoms with van der Waals surface area (Å²) in [6.45, 7) is 3.51. The number of benzene rings is 2. The molecule has 7 heteroatoms. The van der Waals surface area contributed by atoms with Crippen LogP contribution in [0, 0.1) is 0 Å². The quantitative estimate of drug-likeness (QED) is 0.534. The Morgan fingerprint density at radius 1 is 1.00 bits per heavy atom. The van der Waals surface area contributed by atoms with Gasteiger partial charge in [-0.15, -0.1) is 0 Å². The molecule has 0 aliphatic heterocycles. The fourth-order valence-corrected chi connectivity index (χ4v) is 2.98. The summed E-state index contributed by atoms with van der Waals surface area (Å²) in [5.74, 6) is -1.52. The zero-order valence-corrected chi connectivity index (χ0v) is 17.4. The average Bonchev–Trinajstić information content (AvgIpc) is 3.33. The molecule has 2 amide bonds. The van der Waals surface area contributed by atoms with Crippen molar-refractivity contribution in [3.05, 3.63) is 89.4 Å². The first kappa shape index (κ1) is 21.8. The lowest BCUT2D eigenvalue weighted by Gasteiger charge is -2.15. The van der Waals surface area contributed by atoms with E-state index < -0.39 is 24.4 Å². The molecule has 0 aliphatic carbocycles. The van der Waals surface area contributed by atoms with Crippen LogP contribution in [-0.2, 0) is 16.0 Å². The number of hydrogen-bond acceptors (Lipinski definition) is 5. The van der Waals surface area contributed by atoms with Crippen LogP contribution in [0.15, 0.2) is 71.3 Å². The molecule has 31 heavy (non-hydrogen) atoms. The van der Waals surface area contributed by atoms with E-state index >= 15 is 0 Å². The first-order chi connectivity index (χ1) is 15.0. The van der Waals surface area contributed by atoms with Crippen molar-refractivity contribution in [2.45, 2.75) is 26.3 Å². The summed E-state index contributed by atoms with van der Waals surface area (Å²) >= 11 is 0. The molecule has 1 atom stereocenters. The minimum Gasteiger partial charge on any atom is -0.459 e. The molecule has 0 unspecified atom stereocenters. The van der Waals surface area contributed by atoms with Crippen LogP contribution in [0.25, 0.3) is 0 Å². The van der Waals surface area contributed by atoms with E-state index in [9.17, 15) is 14.4 Å². The van der Waals surface area contributed by atoms with Gasteiger partial charge in [-0.1, -0.05) is 43.3 Å². The Balaban J connectivity index is 1.56. The molecule has 0 radical (unpaired) electrons. The van der Waals surface area contributed by atoms with Gasteiger partial charge in [0.05, 0.1) is 23.6 Å². The summed E-state index contributed by atoms with van der Waals surface area (Å²) in [7, 11) is 0. The summed E-state index contributed by atoms with van der Waals surface area (Å²) < 4.78 is 10.2. The molecule has 160 valence electrons. The highest BCUT2D eigenvalue weighted by atomic mass is 16.5. The smallest absolute Gasteiger partial charge is 0.340 e. The number of hydrogen-bond donors (Lipinski definition) is 2. The van der Waals surface area contributed by atoms with Crippen molar-refractivity contribution >= 4 is 23.5 Å². The number of carbonyl (C=O) groups is 3. The maximum atomic E-state index is 12.5. The highest BCUT2D eigenvalue weighted by Gasteiger charge is 2.18. The number of rotatable bonds is 8. The maximum Gasteiger partial charge on any atom is 0.340 e. The SMILES string of the molecule is CCc1ccc([C@@H](C)NC(=O)COC(=O)c2ccccc2NC(=O)c2ccco2)cc1. The number of carbonyl (C=O) groups excluding carboxylic acids is 3. The van der Waals surface area contributed by atoms with Crippen LogP contribution < -0.4 is 10.6 Å². The largest absolute Gasteiger partial charge is 0.459 e. The van der Waals surface area contributed by atoms with Crippen molar-refractivity contribution in [1.29, 1.82) is 0 Å². The van der Waals surface area contributed by atoms with Crippen LogP contribution in [0.1, 0.15) is 51.9 Å². The average molecular weight is 420 g/mol. The first-order valence-corrected chi connectivity index (χ1v) is 9.97. The fourth-order valence-electron chi connectivity index (χ4n) is 2.98. The standard InChI is InChI=1S/C24H24N2O5/c1-3-17-10-12-18(13-11-17)16(2)25-22(27)15-31-24(29)19-7-4-5-8-20(19)26-23(28)21-9-6-14-30-21/h4-14,16H,3,15H2,1-2H3,(H,25,27)(H,26,28)/t16-/m1/s1. The van der Waals surface area contributed by atoms with E-state index in [1.807, 2.05) is 31.2 Å². The van der Waals surface area contributed by atoms with Gasteiger partial charge in [0.25, 0.3) is 11.8 Å². The normalized spacial score (nSPS) is 11.4. The number of ether oxygens (including phenoxy) is 1. The second kappa shape index (κ2) is 10.2. The van der Waals surface area contributed by atoms with Gasteiger partial charge in [0.1, 0.15) is 0 Å². The topological polar surface area (TPSA) is 97.6 Å². The Bertz CT molecular complexity index is 1040. The van der Waals surface area contributed by atoms with Crippen molar-refractivity contribution in [3.63, 3.8) is 0 Å². The summed E-state index contributed by atoms with van der Waals surface area (Å²) in [5, 5.41) is 5.42. The van der Waals surface area contributed by atoms with Crippen LogP contribution in [-0.4, -0.2) is 24.4 Å². The number of esters is 1. The lowest BCUT2D eigenvalue weighted by atomic mass is 10.1. The van der Waals surface area contributed by atoms with Gasteiger partial charge in [0.15, 0.2) is 12.4 Å². The molecule has 2 aromatic carbocycles. The molecule has 1 aromatic heterocycles. The molecule has 1 heterocycles.